The highest BCUT2D eigenvalue weighted by Crippen LogP contribution is 2.44. The molecule has 0 N–H and O–H groups in total. The van der Waals surface area contributed by atoms with Crippen LogP contribution in [-0.4, -0.2) is 15.8 Å². The van der Waals surface area contributed by atoms with Gasteiger partial charge in [0.2, 0.25) is 0 Å². The molecule has 4 heterocycles. The minimum absolute atomic E-state index is 0.0881. The predicted molar refractivity (Wildman–Crippen MR) is 207 cm³/mol. The summed E-state index contributed by atoms with van der Waals surface area (Å²) in [5.74, 6) is 0. The lowest BCUT2D eigenvalue weighted by Gasteiger charge is -2.34. The van der Waals surface area contributed by atoms with E-state index >= 15 is 0 Å². The summed E-state index contributed by atoms with van der Waals surface area (Å²) in [4.78, 5) is 0. The van der Waals surface area contributed by atoms with Gasteiger partial charge in [0.05, 0.1) is 16.6 Å². The van der Waals surface area contributed by atoms with Crippen LogP contribution in [0.5, 0.6) is 0 Å². The molecule has 8 aromatic carbocycles. The molecule has 48 heavy (non-hydrogen) atoms. The third kappa shape index (κ3) is 2.81. The Kier molecular flexibility index (Phi) is 4.41. The van der Waals surface area contributed by atoms with Crippen molar-refractivity contribution in [2.24, 2.45) is 0 Å². The van der Waals surface area contributed by atoms with Crippen LogP contribution < -0.4 is 16.4 Å². The van der Waals surface area contributed by atoms with E-state index in [2.05, 4.69) is 151 Å². The van der Waals surface area contributed by atoms with Crippen molar-refractivity contribution in [3.63, 3.8) is 0 Å². The third-order valence-electron chi connectivity index (χ3n) is 11.6. The number of aryl methyl sites for hydroxylation is 3. The molecule has 2 aliphatic heterocycles. The Bertz CT molecular complexity index is 3150. The first-order valence-electron chi connectivity index (χ1n) is 17.1. The van der Waals surface area contributed by atoms with Gasteiger partial charge in [-0.15, -0.1) is 0 Å². The molecular weight excluding hydrogens is 579 g/mol. The number of nitrogens with zero attached hydrogens (tertiary/aromatic N) is 2. The fourth-order valence-corrected chi connectivity index (χ4v) is 9.84. The second-order valence-corrected chi connectivity index (χ2v) is 14.3. The molecule has 0 saturated carbocycles. The van der Waals surface area contributed by atoms with Crippen LogP contribution in [0.4, 0.5) is 0 Å². The number of hydrogen-bond acceptors (Lipinski definition) is 0. The first kappa shape index (κ1) is 25.3. The van der Waals surface area contributed by atoms with Gasteiger partial charge in [-0.2, -0.15) is 0 Å². The van der Waals surface area contributed by atoms with Gasteiger partial charge in [0.25, 0.3) is 6.71 Å². The van der Waals surface area contributed by atoms with E-state index in [9.17, 15) is 0 Å². The summed E-state index contributed by atoms with van der Waals surface area (Å²) >= 11 is 0. The zero-order valence-corrected chi connectivity index (χ0v) is 27.0. The van der Waals surface area contributed by atoms with E-state index in [0.717, 1.165) is 0 Å². The lowest BCUT2D eigenvalue weighted by atomic mass is 9.33. The molecule has 0 bridgehead atoms. The molecule has 0 saturated heterocycles. The summed E-state index contributed by atoms with van der Waals surface area (Å²) in [5.41, 5.74) is 16.0. The van der Waals surface area contributed by atoms with Crippen LogP contribution in [0.2, 0.25) is 0 Å². The Labute approximate surface area is 277 Å². The summed E-state index contributed by atoms with van der Waals surface area (Å²) in [6.45, 7) is 6.80. The molecule has 0 amide bonds. The minimum atomic E-state index is 0.0881. The molecule has 0 fully saturated rings. The van der Waals surface area contributed by atoms with Gasteiger partial charge in [-0.3, -0.25) is 0 Å². The monoisotopic (exact) mass is 608 g/mol. The zero-order chi connectivity index (χ0) is 31.6. The Morgan fingerprint density at radius 2 is 0.938 bits per heavy atom. The van der Waals surface area contributed by atoms with Crippen LogP contribution in [0.15, 0.2) is 121 Å². The number of aromatic nitrogens is 2. The molecular formula is C45H29BN2. The fraction of sp³-hybridized carbons (Fsp3) is 0.0667. The van der Waals surface area contributed by atoms with Crippen LogP contribution in [0.1, 0.15) is 16.7 Å². The number of rotatable bonds is 0. The first-order chi connectivity index (χ1) is 23.6. The SMILES string of the molecule is Cc1ccc2c(c1)c1cc(C)cc3c1n2-c1cccc2c1B3c1c3c4ccccc4c4ccccc4c3cc3c4cc(C)ccc4n-2c13. The highest BCUT2D eigenvalue weighted by atomic mass is 15.0. The molecule has 2 nitrogen and oxygen atoms in total. The van der Waals surface area contributed by atoms with Gasteiger partial charge in [0.1, 0.15) is 0 Å². The molecule has 0 radical (unpaired) electrons. The molecule has 2 aliphatic rings. The number of fused-ring (bicyclic) bond motifs is 17. The highest BCUT2D eigenvalue weighted by Gasteiger charge is 2.42. The Morgan fingerprint density at radius 1 is 0.396 bits per heavy atom. The molecule has 10 aromatic rings. The van der Waals surface area contributed by atoms with Crippen molar-refractivity contribution in [2.45, 2.75) is 20.8 Å². The zero-order valence-electron chi connectivity index (χ0n) is 27.0. The summed E-state index contributed by atoms with van der Waals surface area (Å²) in [7, 11) is 0. The quantitative estimate of drug-likeness (QED) is 0.120. The van der Waals surface area contributed by atoms with Gasteiger partial charge < -0.3 is 9.13 Å². The van der Waals surface area contributed by atoms with E-state index in [0.29, 0.717) is 0 Å². The highest BCUT2D eigenvalue weighted by molar-refractivity contribution is 7.02. The van der Waals surface area contributed by atoms with Gasteiger partial charge >= 0.3 is 0 Å². The predicted octanol–water partition coefficient (Wildman–Crippen LogP) is 9.41. The fourth-order valence-electron chi connectivity index (χ4n) is 9.84. The van der Waals surface area contributed by atoms with Crippen molar-refractivity contribution in [2.75, 3.05) is 0 Å². The van der Waals surface area contributed by atoms with Crippen molar-refractivity contribution in [3.05, 3.63) is 138 Å². The van der Waals surface area contributed by atoms with Crippen LogP contribution in [0, 0.1) is 20.8 Å². The van der Waals surface area contributed by atoms with Gasteiger partial charge in [-0.25, -0.2) is 0 Å². The van der Waals surface area contributed by atoms with E-state index in [1.54, 1.807) is 0 Å². The average Bonchev–Trinajstić information content (AvgIpc) is 3.60. The summed E-state index contributed by atoms with van der Waals surface area (Å²) in [5, 5.41) is 13.4. The Balaban J connectivity index is 1.42. The van der Waals surface area contributed by atoms with E-state index in [1.807, 2.05) is 0 Å². The lowest BCUT2D eigenvalue weighted by molar-refractivity contribution is 1.14. The largest absolute Gasteiger partial charge is 0.310 e. The smallest absolute Gasteiger partial charge is 0.253 e. The van der Waals surface area contributed by atoms with Gasteiger partial charge in [0, 0.05) is 38.4 Å². The topological polar surface area (TPSA) is 9.86 Å². The van der Waals surface area contributed by atoms with Gasteiger partial charge in [-0.05, 0) is 118 Å². The van der Waals surface area contributed by atoms with E-state index in [-0.39, 0.29) is 6.71 Å². The minimum Gasteiger partial charge on any atom is -0.310 e. The van der Waals surface area contributed by atoms with E-state index in [1.165, 1.54) is 120 Å². The maximum absolute atomic E-state index is 2.60. The Hall–Kier alpha value is -5.80. The normalized spacial score (nSPS) is 13.3. The molecule has 0 spiro atoms. The van der Waals surface area contributed by atoms with Crippen molar-refractivity contribution in [1.29, 1.82) is 0 Å². The molecule has 0 unspecified atom stereocenters. The maximum atomic E-state index is 2.60. The third-order valence-corrected chi connectivity index (χ3v) is 11.6. The van der Waals surface area contributed by atoms with Crippen molar-refractivity contribution in [3.8, 4) is 11.4 Å². The molecule has 3 heteroatoms. The first-order valence-corrected chi connectivity index (χ1v) is 17.1. The molecule has 2 aromatic heterocycles. The molecule has 222 valence electrons. The van der Waals surface area contributed by atoms with Crippen LogP contribution in [-0.2, 0) is 0 Å². The van der Waals surface area contributed by atoms with Gasteiger partial charge in [0.15, 0.2) is 0 Å². The van der Waals surface area contributed by atoms with Crippen molar-refractivity contribution in [1.82, 2.24) is 9.13 Å². The molecule has 0 aliphatic carbocycles. The van der Waals surface area contributed by atoms with Crippen LogP contribution in [0.25, 0.3) is 87.3 Å². The van der Waals surface area contributed by atoms with E-state index < -0.39 is 0 Å². The maximum Gasteiger partial charge on any atom is 0.253 e. The lowest BCUT2D eigenvalue weighted by Crippen LogP contribution is -2.59. The van der Waals surface area contributed by atoms with Crippen LogP contribution in [0.3, 0.4) is 0 Å². The molecule has 0 atom stereocenters. The summed E-state index contributed by atoms with van der Waals surface area (Å²) < 4.78 is 5.18. The standard InChI is InChI=1S/C45H29BN2/c1-24-15-17-37-31(19-24)34-21-26(3)22-36-44(34)47(37)39-13-8-14-40-42(39)46(36)43-41-30-12-7-6-10-28(30)27-9-4-5-11-29(27)33(41)23-35-32-20-25(2)16-18-38(32)48(40)45(35)43/h4-23H,1-3H3. The van der Waals surface area contributed by atoms with Crippen LogP contribution >= 0.6 is 0 Å². The summed E-state index contributed by atoms with van der Waals surface area (Å²) in [6.07, 6.45) is 0. The second kappa shape index (κ2) is 8.37. The van der Waals surface area contributed by atoms with Crippen molar-refractivity contribution < 1.29 is 0 Å². The Morgan fingerprint density at radius 3 is 1.60 bits per heavy atom. The van der Waals surface area contributed by atoms with Gasteiger partial charge in [-0.1, -0.05) is 89.5 Å². The summed E-state index contributed by atoms with van der Waals surface area (Å²) in [6, 6.07) is 46.6. The number of benzene rings is 8. The average molecular weight is 609 g/mol. The van der Waals surface area contributed by atoms with Crippen molar-refractivity contribution >= 4 is 99.0 Å². The molecule has 12 rings (SSSR count). The second-order valence-electron chi connectivity index (χ2n) is 14.3. The van der Waals surface area contributed by atoms with E-state index in [4.69, 9.17) is 0 Å². The number of hydrogen-bond donors (Lipinski definition) is 0.